The highest BCUT2D eigenvalue weighted by Crippen LogP contribution is 2.40. The van der Waals surface area contributed by atoms with Crippen LogP contribution < -0.4 is 4.72 Å². The van der Waals surface area contributed by atoms with Gasteiger partial charge in [0.25, 0.3) is 10.1 Å². The quantitative estimate of drug-likeness (QED) is 0.285. The van der Waals surface area contributed by atoms with Gasteiger partial charge in [0.15, 0.2) is 0 Å². The molecular formula is C24H28ClNO5S2. The zero-order valence-corrected chi connectivity index (χ0v) is 21.1. The van der Waals surface area contributed by atoms with E-state index in [1.54, 1.807) is 6.07 Å². The summed E-state index contributed by atoms with van der Waals surface area (Å²) in [7, 11) is -8.02. The van der Waals surface area contributed by atoms with Crippen LogP contribution in [0.2, 0.25) is 5.02 Å². The minimum Gasteiger partial charge on any atom is -0.282 e. The fourth-order valence-electron chi connectivity index (χ4n) is 3.83. The first-order valence-corrected chi connectivity index (χ1v) is 14.0. The highest BCUT2D eigenvalue weighted by atomic mass is 35.5. The molecule has 2 N–H and O–H groups in total. The second kappa shape index (κ2) is 10.1. The van der Waals surface area contributed by atoms with Crippen LogP contribution in [0.15, 0.2) is 64.4 Å². The third-order valence-corrected chi connectivity index (χ3v) is 8.37. The van der Waals surface area contributed by atoms with Crippen molar-refractivity contribution in [3.8, 4) is 11.1 Å². The van der Waals surface area contributed by atoms with E-state index in [1.165, 1.54) is 30.3 Å². The second-order valence-electron chi connectivity index (χ2n) is 8.48. The van der Waals surface area contributed by atoms with E-state index in [-0.39, 0.29) is 28.2 Å². The van der Waals surface area contributed by atoms with E-state index in [1.807, 2.05) is 25.1 Å². The van der Waals surface area contributed by atoms with Crippen molar-refractivity contribution in [3.63, 3.8) is 0 Å². The molecule has 6 nitrogen and oxygen atoms in total. The van der Waals surface area contributed by atoms with Crippen molar-refractivity contribution in [1.29, 1.82) is 0 Å². The summed E-state index contributed by atoms with van der Waals surface area (Å²) in [4.78, 5) is 0.0434. The maximum absolute atomic E-state index is 12.4. The third kappa shape index (κ3) is 6.13. The number of benzene rings is 1. The molecule has 2 aliphatic carbocycles. The molecule has 0 bridgehead atoms. The van der Waals surface area contributed by atoms with E-state index in [4.69, 9.17) is 11.6 Å². The topological polar surface area (TPSA) is 101 Å². The molecule has 0 aromatic heterocycles. The summed E-state index contributed by atoms with van der Waals surface area (Å²) in [5, 5.41) is 0.461. The molecule has 33 heavy (non-hydrogen) atoms. The lowest BCUT2D eigenvalue weighted by Crippen LogP contribution is -2.25. The molecule has 3 rings (SSSR count). The highest BCUT2D eigenvalue weighted by molar-refractivity contribution is 7.89. The normalized spacial score (nSPS) is 13.5. The lowest BCUT2D eigenvalue weighted by molar-refractivity contribution is 0.483. The van der Waals surface area contributed by atoms with E-state index in [9.17, 15) is 21.4 Å². The number of hydrogen-bond donors (Lipinski definition) is 2. The maximum Gasteiger partial charge on any atom is 0.295 e. The molecular weight excluding hydrogens is 482 g/mol. The Labute approximate surface area is 201 Å². The Balaban J connectivity index is 1.77. The Morgan fingerprint density at radius 2 is 1.52 bits per heavy atom. The van der Waals surface area contributed by atoms with Crippen LogP contribution in [-0.4, -0.2) is 27.9 Å². The number of halogens is 1. The number of rotatable bonds is 9. The van der Waals surface area contributed by atoms with E-state index in [0.29, 0.717) is 23.4 Å². The first-order chi connectivity index (χ1) is 15.4. The number of sulfonamides is 1. The van der Waals surface area contributed by atoms with Gasteiger partial charge in [-0.15, -0.1) is 0 Å². The summed E-state index contributed by atoms with van der Waals surface area (Å²) in [6.07, 6.45) is 1.18. The number of nitrogens with one attached hydrogen (secondary N) is 1. The van der Waals surface area contributed by atoms with Crippen LogP contribution in [0.3, 0.4) is 0 Å². The van der Waals surface area contributed by atoms with Gasteiger partial charge >= 0.3 is 0 Å². The van der Waals surface area contributed by atoms with E-state index >= 15 is 0 Å². The van der Waals surface area contributed by atoms with Crippen molar-refractivity contribution in [2.75, 3.05) is 6.54 Å². The Bertz CT molecular complexity index is 1300. The minimum atomic E-state index is -4.38. The van der Waals surface area contributed by atoms with Gasteiger partial charge in [0.05, 0.1) is 4.90 Å². The monoisotopic (exact) mass is 509 g/mol. The van der Waals surface area contributed by atoms with Crippen LogP contribution >= 0.6 is 11.6 Å². The van der Waals surface area contributed by atoms with Crippen LogP contribution in [0.5, 0.6) is 0 Å². The first-order valence-electron chi connectivity index (χ1n) is 10.7. The molecule has 1 unspecified atom stereocenters. The zero-order valence-electron chi connectivity index (χ0n) is 18.7. The average molecular weight is 510 g/mol. The van der Waals surface area contributed by atoms with E-state index in [2.05, 4.69) is 18.6 Å². The Morgan fingerprint density at radius 1 is 0.909 bits per heavy atom. The van der Waals surface area contributed by atoms with Gasteiger partial charge in [0.1, 0.15) is 4.90 Å². The molecule has 0 aliphatic heterocycles. The lowest BCUT2D eigenvalue weighted by Gasteiger charge is -2.13. The molecule has 0 heterocycles. The van der Waals surface area contributed by atoms with Gasteiger partial charge in [0, 0.05) is 17.1 Å². The molecule has 1 aromatic carbocycles. The third-order valence-electron chi connectivity index (χ3n) is 5.74. The van der Waals surface area contributed by atoms with Crippen molar-refractivity contribution in [3.05, 3.63) is 70.7 Å². The molecule has 0 amide bonds. The number of fused-ring (bicyclic) bond motifs is 1. The summed E-state index contributed by atoms with van der Waals surface area (Å²) >= 11 is 5.82. The van der Waals surface area contributed by atoms with Crippen LogP contribution in [0.1, 0.15) is 56.6 Å². The van der Waals surface area contributed by atoms with Gasteiger partial charge in [-0.2, -0.15) is 8.42 Å². The highest BCUT2D eigenvalue weighted by Gasteiger charge is 2.25. The Morgan fingerprint density at radius 3 is 2.09 bits per heavy atom. The van der Waals surface area contributed by atoms with Crippen LogP contribution in [0.4, 0.5) is 0 Å². The lowest BCUT2D eigenvalue weighted by atomic mass is 9.94. The Kier molecular flexibility index (Phi) is 7.86. The Hall–Kier alpha value is -1.97. The summed E-state index contributed by atoms with van der Waals surface area (Å²) in [6, 6.07) is 15.0. The van der Waals surface area contributed by atoms with Gasteiger partial charge in [-0.25, -0.2) is 13.1 Å². The van der Waals surface area contributed by atoms with Crippen molar-refractivity contribution < 1.29 is 21.4 Å². The fourth-order valence-corrected chi connectivity index (χ4v) is 5.76. The molecule has 178 valence electrons. The molecule has 0 fully saturated rings. The van der Waals surface area contributed by atoms with Crippen molar-refractivity contribution >= 4 is 31.7 Å². The predicted molar refractivity (Wildman–Crippen MR) is 131 cm³/mol. The summed E-state index contributed by atoms with van der Waals surface area (Å²) in [5.41, 5.74) is 3.12. The number of hydrogen-bond acceptors (Lipinski definition) is 4. The van der Waals surface area contributed by atoms with Gasteiger partial charge in [-0.3, -0.25) is 4.55 Å². The smallest absolute Gasteiger partial charge is 0.282 e. The van der Waals surface area contributed by atoms with E-state index < -0.39 is 20.1 Å². The SMILES string of the molecule is CC(C)c1ccc2c(C(C)CCCNS(=O)(=O)c3ccc(Cl)cc3)cc(S(=O)(=O)O)c-2cc1. The summed E-state index contributed by atoms with van der Waals surface area (Å²) < 4.78 is 61.2. The van der Waals surface area contributed by atoms with Gasteiger partial charge in [-0.1, -0.05) is 56.6 Å². The van der Waals surface area contributed by atoms with Crippen LogP contribution in [-0.2, 0) is 20.1 Å². The van der Waals surface area contributed by atoms with Crippen molar-refractivity contribution in [2.45, 2.75) is 55.2 Å². The fraction of sp³-hybridized carbons (Fsp3) is 0.333. The first kappa shape index (κ1) is 25.6. The molecule has 0 radical (unpaired) electrons. The van der Waals surface area contributed by atoms with Crippen molar-refractivity contribution in [1.82, 2.24) is 4.72 Å². The maximum atomic E-state index is 12.4. The average Bonchev–Trinajstić information content (AvgIpc) is 2.96. The molecule has 1 atom stereocenters. The summed E-state index contributed by atoms with van der Waals surface area (Å²) in [6.45, 7) is 6.31. The standard InChI is InChI=1S/C24H28ClNO5S2/c1-16(2)18-6-12-21-22(13-7-18)24(33(29,30)31)15-23(21)17(3)5-4-14-26-32(27,28)20-10-8-19(25)9-11-20/h6-13,15-17,26H,4-5,14H2,1-3H3,(H,29,30,31). The summed E-state index contributed by atoms with van der Waals surface area (Å²) in [5.74, 6) is 0.221. The second-order valence-corrected chi connectivity index (χ2v) is 12.1. The van der Waals surface area contributed by atoms with Crippen LogP contribution in [0, 0.1) is 0 Å². The molecule has 9 heteroatoms. The predicted octanol–water partition coefficient (Wildman–Crippen LogP) is 5.68. The largest absolute Gasteiger partial charge is 0.295 e. The molecule has 1 aromatic rings. The van der Waals surface area contributed by atoms with Crippen molar-refractivity contribution in [2.24, 2.45) is 0 Å². The molecule has 0 saturated carbocycles. The molecule has 2 aliphatic rings. The minimum absolute atomic E-state index is 0.0482. The van der Waals surface area contributed by atoms with Gasteiger partial charge < -0.3 is 0 Å². The molecule has 0 spiro atoms. The van der Waals surface area contributed by atoms with Gasteiger partial charge in [0.2, 0.25) is 10.0 Å². The van der Waals surface area contributed by atoms with E-state index in [0.717, 1.165) is 16.7 Å². The van der Waals surface area contributed by atoms with Gasteiger partial charge in [-0.05, 0) is 71.7 Å². The van der Waals surface area contributed by atoms with Crippen LogP contribution in [0.25, 0.3) is 11.1 Å². The zero-order chi connectivity index (χ0) is 24.4. The molecule has 0 saturated heterocycles.